The number of nitrogens with two attached hydrogens (primary N) is 1. The third-order valence-corrected chi connectivity index (χ3v) is 2.63. The zero-order valence-electron chi connectivity index (χ0n) is 7.76. The predicted octanol–water partition coefficient (Wildman–Crippen LogP) is -0.546. The normalized spacial score (nSPS) is 24.9. The largest absolute Gasteiger partial charge is 0.396 e. The summed E-state index contributed by atoms with van der Waals surface area (Å²) in [5.41, 5.74) is 5.05. The van der Waals surface area contributed by atoms with Gasteiger partial charge in [-0.2, -0.15) is 4.98 Å². The smallest absolute Gasteiger partial charge is 0.349 e. The van der Waals surface area contributed by atoms with Crippen molar-refractivity contribution in [1.29, 1.82) is 0 Å². The predicted molar refractivity (Wildman–Crippen MR) is 51.6 cm³/mol. The molecule has 2 rings (SSSR count). The minimum atomic E-state index is -0.311. The van der Waals surface area contributed by atoms with E-state index in [1.54, 1.807) is 12.3 Å². The third-order valence-electron chi connectivity index (χ3n) is 2.63. The fraction of sp³-hybridized carbons (Fsp3) is 0.556. The Morgan fingerprint density at radius 3 is 3.00 bits per heavy atom. The van der Waals surface area contributed by atoms with E-state index < -0.39 is 0 Å². The maximum atomic E-state index is 11.3. The highest BCUT2D eigenvalue weighted by molar-refractivity contribution is 5.23. The van der Waals surface area contributed by atoms with Crippen LogP contribution in [-0.4, -0.2) is 21.3 Å². The first-order valence-electron chi connectivity index (χ1n) is 4.64. The van der Waals surface area contributed by atoms with Crippen molar-refractivity contribution in [3.8, 4) is 0 Å². The molecule has 0 aromatic carbocycles. The Morgan fingerprint density at radius 1 is 1.64 bits per heavy atom. The van der Waals surface area contributed by atoms with Gasteiger partial charge in [0, 0.05) is 19.3 Å². The number of hydrogen-bond acceptors (Lipinski definition) is 4. The summed E-state index contributed by atoms with van der Waals surface area (Å²) in [7, 11) is 0. The van der Waals surface area contributed by atoms with Gasteiger partial charge in [0.25, 0.3) is 0 Å². The Balaban J connectivity index is 2.07. The van der Waals surface area contributed by atoms with Gasteiger partial charge < -0.3 is 10.8 Å². The molecule has 5 heteroatoms. The van der Waals surface area contributed by atoms with Crippen LogP contribution >= 0.6 is 0 Å². The van der Waals surface area contributed by atoms with E-state index in [9.17, 15) is 4.79 Å². The number of nitrogens with zero attached hydrogens (tertiary/aromatic N) is 2. The van der Waals surface area contributed by atoms with Crippen LogP contribution in [0.2, 0.25) is 0 Å². The molecule has 1 heterocycles. The molecule has 5 nitrogen and oxygen atoms in total. The second-order valence-electron chi connectivity index (χ2n) is 3.73. The Labute approximate surface area is 81.2 Å². The first-order chi connectivity index (χ1) is 6.70. The van der Waals surface area contributed by atoms with Crippen LogP contribution in [0.4, 0.5) is 5.82 Å². The lowest BCUT2D eigenvalue weighted by Crippen LogP contribution is -2.24. The second kappa shape index (κ2) is 3.42. The molecular formula is C9H13N3O2. The van der Waals surface area contributed by atoms with E-state index in [4.69, 9.17) is 10.8 Å². The summed E-state index contributed by atoms with van der Waals surface area (Å²) in [5.74, 6) is 1.03. The number of nitrogen functional groups attached to an aromatic ring is 1. The van der Waals surface area contributed by atoms with Crippen molar-refractivity contribution >= 4 is 5.82 Å². The number of aromatic nitrogens is 2. The van der Waals surface area contributed by atoms with Gasteiger partial charge in [-0.15, -0.1) is 0 Å². The molecular weight excluding hydrogens is 182 g/mol. The van der Waals surface area contributed by atoms with Gasteiger partial charge >= 0.3 is 5.69 Å². The zero-order valence-corrected chi connectivity index (χ0v) is 7.76. The number of anilines is 1. The average Bonchev–Trinajstić information content (AvgIpc) is 2.89. The molecule has 2 atom stereocenters. The highest BCUT2D eigenvalue weighted by atomic mass is 16.3. The van der Waals surface area contributed by atoms with Gasteiger partial charge in [-0.05, 0) is 24.3 Å². The monoisotopic (exact) mass is 195 g/mol. The number of hydrogen-bond donors (Lipinski definition) is 2. The molecule has 1 aliphatic rings. The summed E-state index contributed by atoms with van der Waals surface area (Å²) < 4.78 is 1.54. The van der Waals surface area contributed by atoms with E-state index in [1.807, 2.05) is 0 Å². The van der Waals surface area contributed by atoms with Crippen LogP contribution in [0.5, 0.6) is 0 Å². The summed E-state index contributed by atoms with van der Waals surface area (Å²) in [6.45, 7) is 0.846. The Bertz CT molecular complexity index is 388. The van der Waals surface area contributed by atoms with Gasteiger partial charge in [0.1, 0.15) is 5.82 Å². The quantitative estimate of drug-likeness (QED) is 0.678. The molecule has 0 saturated heterocycles. The minimum Gasteiger partial charge on any atom is -0.396 e. The molecule has 3 N–H and O–H groups in total. The van der Waals surface area contributed by atoms with Crippen molar-refractivity contribution in [3.05, 3.63) is 22.7 Å². The molecule has 1 aliphatic carbocycles. The van der Waals surface area contributed by atoms with Gasteiger partial charge in [-0.1, -0.05) is 0 Å². The van der Waals surface area contributed by atoms with Crippen molar-refractivity contribution in [2.24, 2.45) is 11.8 Å². The van der Waals surface area contributed by atoms with Crippen LogP contribution < -0.4 is 11.4 Å². The zero-order chi connectivity index (χ0) is 10.1. The minimum absolute atomic E-state index is 0.210. The molecule has 0 radical (unpaired) electrons. The van der Waals surface area contributed by atoms with Gasteiger partial charge in [0.15, 0.2) is 0 Å². The Kier molecular flexibility index (Phi) is 2.25. The fourth-order valence-electron chi connectivity index (χ4n) is 1.59. The van der Waals surface area contributed by atoms with E-state index >= 15 is 0 Å². The third kappa shape index (κ3) is 1.77. The van der Waals surface area contributed by atoms with Gasteiger partial charge in [-0.25, -0.2) is 4.79 Å². The number of aliphatic hydroxyl groups is 1. The number of rotatable bonds is 3. The number of aliphatic hydroxyl groups excluding tert-OH is 1. The summed E-state index contributed by atoms with van der Waals surface area (Å²) >= 11 is 0. The van der Waals surface area contributed by atoms with Crippen molar-refractivity contribution in [1.82, 2.24) is 9.55 Å². The van der Waals surface area contributed by atoms with E-state index in [-0.39, 0.29) is 18.1 Å². The Hall–Kier alpha value is -1.36. The van der Waals surface area contributed by atoms with Gasteiger partial charge in [-0.3, -0.25) is 4.57 Å². The summed E-state index contributed by atoms with van der Waals surface area (Å²) in [6, 6.07) is 1.61. The maximum Gasteiger partial charge on any atom is 0.349 e. The van der Waals surface area contributed by atoms with Crippen LogP contribution in [0.3, 0.4) is 0 Å². The summed E-state index contributed by atoms with van der Waals surface area (Å²) in [6.07, 6.45) is 2.64. The molecule has 1 aromatic rings. The molecule has 1 aromatic heterocycles. The fourth-order valence-corrected chi connectivity index (χ4v) is 1.59. The second-order valence-corrected chi connectivity index (χ2v) is 3.73. The van der Waals surface area contributed by atoms with Gasteiger partial charge in [0.2, 0.25) is 0 Å². The highest BCUT2D eigenvalue weighted by Gasteiger charge is 2.36. The molecule has 0 spiro atoms. The average molecular weight is 195 g/mol. The molecule has 0 bridgehead atoms. The van der Waals surface area contributed by atoms with Crippen LogP contribution in [0, 0.1) is 11.8 Å². The molecule has 2 unspecified atom stereocenters. The molecule has 0 amide bonds. The lowest BCUT2D eigenvalue weighted by molar-refractivity contribution is 0.266. The van der Waals surface area contributed by atoms with Gasteiger partial charge in [0.05, 0.1) is 0 Å². The van der Waals surface area contributed by atoms with Crippen LogP contribution in [0.25, 0.3) is 0 Å². The molecule has 14 heavy (non-hydrogen) atoms. The first kappa shape index (κ1) is 9.21. The van der Waals surface area contributed by atoms with Crippen LogP contribution in [0.1, 0.15) is 6.42 Å². The lowest BCUT2D eigenvalue weighted by Gasteiger charge is -2.03. The first-order valence-corrected chi connectivity index (χ1v) is 4.64. The maximum absolute atomic E-state index is 11.3. The summed E-state index contributed by atoms with van der Waals surface area (Å²) in [4.78, 5) is 14.9. The van der Waals surface area contributed by atoms with E-state index in [0.29, 0.717) is 18.4 Å². The highest BCUT2D eigenvalue weighted by Crippen LogP contribution is 2.38. The lowest BCUT2D eigenvalue weighted by atomic mass is 10.3. The topological polar surface area (TPSA) is 81.1 Å². The molecule has 76 valence electrons. The van der Waals surface area contributed by atoms with E-state index in [1.165, 1.54) is 4.57 Å². The molecule has 1 fully saturated rings. The van der Waals surface area contributed by atoms with E-state index in [2.05, 4.69) is 4.98 Å². The standard InChI is InChI=1S/C9H13N3O2/c10-8-1-2-12(9(14)11-8)4-6-3-7(6)5-13/h1-2,6-7,13H,3-5H2,(H2,10,11,14). The SMILES string of the molecule is Nc1ccn(CC2CC2CO)c(=O)n1. The Morgan fingerprint density at radius 2 is 2.43 bits per heavy atom. The van der Waals surface area contributed by atoms with Crippen molar-refractivity contribution < 1.29 is 5.11 Å². The molecule has 0 aliphatic heterocycles. The van der Waals surface area contributed by atoms with Crippen LogP contribution in [0.15, 0.2) is 17.1 Å². The van der Waals surface area contributed by atoms with E-state index in [0.717, 1.165) is 6.42 Å². The molecule has 1 saturated carbocycles. The van der Waals surface area contributed by atoms with Crippen LogP contribution in [-0.2, 0) is 6.54 Å². The van der Waals surface area contributed by atoms with Crippen molar-refractivity contribution in [3.63, 3.8) is 0 Å². The van der Waals surface area contributed by atoms with Crippen molar-refractivity contribution in [2.45, 2.75) is 13.0 Å². The van der Waals surface area contributed by atoms with Crippen molar-refractivity contribution in [2.75, 3.05) is 12.3 Å². The summed E-state index contributed by atoms with van der Waals surface area (Å²) in [5, 5.41) is 8.84.